The Morgan fingerprint density at radius 1 is 1.07 bits per heavy atom. The van der Waals surface area contributed by atoms with Gasteiger partial charge in [-0.2, -0.15) is 6.42 Å². The van der Waals surface area contributed by atoms with Gasteiger partial charge < -0.3 is 17.1 Å². The fourth-order valence-corrected chi connectivity index (χ4v) is 0.957. The van der Waals surface area contributed by atoms with Crippen molar-refractivity contribution in [1.82, 2.24) is 0 Å². The second kappa shape index (κ2) is 18.6. The van der Waals surface area contributed by atoms with E-state index in [9.17, 15) is 0 Å². The SMILES string of the molecule is O=C(O)O.[CH2-]CCCCCCCC.[Li+]. The Morgan fingerprint density at radius 3 is 1.79 bits per heavy atom. The van der Waals surface area contributed by atoms with Crippen LogP contribution in [0.5, 0.6) is 0 Å². The summed E-state index contributed by atoms with van der Waals surface area (Å²) in [5.74, 6) is 0. The quantitative estimate of drug-likeness (QED) is 0.375. The molecule has 0 aromatic heterocycles. The van der Waals surface area contributed by atoms with Crippen molar-refractivity contribution in [3.05, 3.63) is 6.92 Å². The van der Waals surface area contributed by atoms with E-state index in [2.05, 4.69) is 13.8 Å². The van der Waals surface area contributed by atoms with Gasteiger partial charge in [-0.1, -0.05) is 45.4 Å². The van der Waals surface area contributed by atoms with Crippen LogP contribution in [0.3, 0.4) is 0 Å². The summed E-state index contributed by atoms with van der Waals surface area (Å²) in [6.45, 7) is 6.05. The minimum Gasteiger partial charge on any atom is -0.450 e. The van der Waals surface area contributed by atoms with Gasteiger partial charge in [0.2, 0.25) is 0 Å². The van der Waals surface area contributed by atoms with Gasteiger partial charge in [0.15, 0.2) is 0 Å². The van der Waals surface area contributed by atoms with E-state index in [1.54, 1.807) is 0 Å². The van der Waals surface area contributed by atoms with Gasteiger partial charge in [0.25, 0.3) is 0 Å². The molecule has 0 radical (unpaired) electrons. The molecule has 14 heavy (non-hydrogen) atoms. The number of rotatable bonds is 6. The number of carboxylic acid groups (broad SMARTS) is 2. The van der Waals surface area contributed by atoms with Crippen LogP contribution in [0.4, 0.5) is 4.79 Å². The Kier molecular flexibility index (Phi) is 25.8. The number of hydrogen-bond donors (Lipinski definition) is 2. The maximum Gasteiger partial charge on any atom is 1.00 e. The molecule has 0 aliphatic rings. The van der Waals surface area contributed by atoms with Crippen molar-refractivity contribution in [2.24, 2.45) is 0 Å². The molecule has 0 aromatic rings. The van der Waals surface area contributed by atoms with Gasteiger partial charge in [0.1, 0.15) is 0 Å². The standard InChI is InChI=1S/C9H19.CH2O3.Li/c1-3-5-7-9-8-6-4-2;2-1(3)4;/h1,3-9H2,2H3;(H2,2,3,4);/q-1;;+1. The predicted octanol–water partition coefficient (Wildman–Crippen LogP) is 0.797. The Balaban J connectivity index is -0.000000209. The summed E-state index contributed by atoms with van der Waals surface area (Å²) in [7, 11) is 0. The molecule has 0 unspecified atom stereocenters. The first kappa shape index (κ1) is 19.4. The molecule has 0 heterocycles. The Bertz CT molecular complexity index is 97.5. The van der Waals surface area contributed by atoms with Crippen molar-refractivity contribution < 1.29 is 33.9 Å². The Labute approximate surface area is 99.1 Å². The predicted molar refractivity (Wildman–Crippen MR) is 54.0 cm³/mol. The number of carbonyl (C=O) groups is 1. The minimum absolute atomic E-state index is 0. The summed E-state index contributed by atoms with van der Waals surface area (Å²) in [6.07, 6.45) is 7.61. The van der Waals surface area contributed by atoms with Gasteiger partial charge in [-0.25, -0.2) is 4.79 Å². The van der Waals surface area contributed by atoms with Crippen LogP contribution in [-0.4, -0.2) is 16.4 Å². The van der Waals surface area contributed by atoms with E-state index in [1.165, 1.54) is 38.5 Å². The van der Waals surface area contributed by atoms with Gasteiger partial charge in [-0.15, -0.1) is 0 Å². The van der Waals surface area contributed by atoms with Gasteiger partial charge in [0.05, 0.1) is 0 Å². The van der Waals surface area contributed by atoms with E-state index in [0.29, 0.717) is 0 Å². The average molecular weight is 196 g/mol. The van der Waals surface area contributed by atoms with E-state index in [1.807, 2.05) is 0 Å². The molecule has 0 atom stereocenters. The maximum absolute atomic E-state index is 8.56. The molecule has 0 saturated heterocycles. The summed E-state index contributed by atoms with van der Waals surface area (Å²) < 4.78 is 0. The molecule has 0 saturated carbocycles. The van der Waals surface area contributed by atoms with Crippen LogP contribution < -0.4 is 18.9 Å². The molecule has 2 N–H and O–H groups in total. The molecule has 80 valence electrons. The van der Waals surface area contributed by atoms with Crippen molar-refractivity contribution in [2.45, 2.75) is 51.9 Å². The van der Waals surface area contributed by atoms with Crippen molar-refractivity contribution in [2.75, 3.05) is 0 Å². The first-order chi connectivity index (χ1) is 6.15. The van der Waals surface area contributed by atoms with Gasteiger partial charge in [0, 0.05) is 0 Å². The van der Waals surface area contributed by atoms with Gasteiger partial charge in [-0.3, -0.25) is 0 Å². The molecular weight excluding hydrogens is 175 g/mol. The summed E-state index contributed by atoms with van der Waals surface area (Å²) in [5.41, 5.74) is 0. The molecule has 0 aromatic carbocycles. The summed E-state index contributed by atoms with van der Waals surface area (Å²) >= 11 is 0. The molecule has 0 amide bonds. The minimum atomic E-state index is -1.83. The van der Waals surface area contributed by atoms with E-state index < -0.39 is 6.16 Å². The van der Waals surface area contributed by atoms with Crippen LogP contribution in [0.2, 0.25) is 0 Å². The molecule has 3 nitrogen and oxygen atoms in total. The Morgan fingerprint density at radius 2 is 1.43 bits per heavy atom. The third-order valence-corrected chi connectivity index (χ3v) is 1.60. The van der Waals surface area contributed by atoms with Crippen LogP contribution in [0.25, 0.3) is 0 Å². The van der Waals surface area contributed by atoms with Crippen LogP contribution in [0.15, 0.2) is 0 Å². The zero-order valence-corrected chi connectivity index (χ0v) is 9.46. The number of unbranched alkanes of at least 4 members (excludes halogenated alkanes) is 6. The monoisotopic (exact) mass is 196 g/mol. The van der Waals surface area contributed by atoms with Crippen LogP contribution in [0, 0.1) is 6.92 Å². The third-order valence-electron chi connectivity index (χ3n) is 1.60. The molecular formula is C10H21LiO3. The van der Waals surface area contributed by atoms with Crippen molar-refractivity contribution >= 4 is 6.16 Å². The first-order valence-corrected chi connectivity index (χ1v) is 4.86. The molecule has 4 heteroatoms. The fourth-order valence-electron chi connectivity index (χ4n) is 0.957. The van der Waals surface area contributed by atoms with Gasteiger partial charge in [-0.05, 0) is 0 Å². The zero-order valence-electron chi connectivity index (χ0n) is 9.46. The molecule has 0 fully saturated rings. The van der Waals surface area contributed by atoms with Crippen LogP contribution in [0.1, 0.15) is 51.9 Å². The van der Waals surface area contributed by atoms with Crippen molar-refractivity contribution in [1.29, 1.82) is 0 Å². The third kappa shape index (κ3) is 40.7. The maximum atomic E-state index is 8.56. The van der Waals surface area contributed by atoms with E-state index in [-0.39, 0.29) is 18.9 Å². The molecule has 0 rings (SSSR count). The normalized spacial score (nSPS) is 8.14. The Hall–Kier alpha value is -0.133. The van der Waals surface area contributed by atoms with E-state index in [0.717, 1.165) is 6.42 Å². The molecule has 0 bridgehead atoms. The van der Waals surface area contributed by atoms with Crippen LogP contribution in [-0.2, 0) is 0 Å². The average Bonchev–Trinajstić information content (AvgIpc) is 2.03. The van der Waals surface area contributed by atoms with Crippen molar-refractivity contribution in [3.8, 4) is 0 Å². The first-order valence-electron chi connectivity index (χ1n) is 4.86. The van der Waals surface area contributed by atoms with E-state index >= 15 is 0 Å². The summed E-state index contributed by atoms with van der Waals surface area (Å²) in [4.78, 5) is 8.56. The molecule has 0 spiro atoms. The van der Waals surface area contributed by atoms with Crippen LogP contribution >= 0.6 is 0 Å². The summed E-state index contributed by atoms with van der Waals surface area (Å²) in [6, 6.07) is 0. The van der Waals surface area contributed by atoms with E-state index in [4.69, 9.17) is 15.0 Å². The second-order valence-electron chi connectivity index (χ2n) is 2.90. The largest absolute Gasteiger partial charge is 1.00 e. The zero-order chi connectivity index (χ0) is 10.5. The second-order valence-corrected chi connectivity index (χ2v) is 2.90. The number of hydrogen-bond acceptors (Lipinski definition) is 1. The molecule has 0 aliphatic carbocycles. The topological polar surface area (TPSA) is 57.5 Å². The fraction of sp³-hybridized carbons (Fsp3) is 0.800. The van der Waals surface area contributed by atoms with Crippen molar-refractivity contribution in [3.63, 3.8) is 0 Å². The summed E-state index contributed by atoms with van der Waals surface area (Å²) in [5, 5.41) is 13.9. The smallest absolute Gasteiger partial charge is 0.450 e. The van der Waals surface area contributed by atoms with Gasteiger partial charge >= 0.3 is 25.0 Å². The molecule has 0 aliphatic heterocycles.